The van der Waals surface area contributed by atoms with Gasteiger partial charge in [-0.2, -0.15) is 0 Å². The average molecular weight is 352 g/mol. The lowest BCUT2D eigenvalue weighted by molar-refractivity contribution is 0.293. The van der Waals surface area contributed by atoms with Crippen LogP contribution in [0.2, 0.25) is 0 Å². The van der Waals surface area contributed by atoms with E-state index in [2.05, 4.69) is 25.6 Å². The quantitative estimate of drug-likeness (QED) is 0.827. The lowest BCUT2D eigenvalue weighted by Crippen LogP contribution is -2.44. The molecule has 0 aliphatic carbocycles. The second-order valence-corrected chi connectivity index (χ2v) is 8.21. The fraction of sp³-hybridized carbons (Fsp3) is 0.750. The zero-order chi connectivity index (χ0) is 14.8. The highest BCUT2D eigenvalue weighted by Crippen LogP contribution is 2.24. The van der Waals surface area contributed by atoms with Gasteiger partial charge in [0, 0.05) is 24.6 Å². The summed E-state index contributed by atoms with van der Waals surface area (Å²) in [6.45, 7) is 7.84. The third kappa shape index (κ3) is 4.29. The van der Waals surface area contributed by atoms with Gasteiger partial charge in [-0.05, 0) is 18.8 Å². The summed E-state index contributed by atoms with van der Waals surface area (Å²) >= 11 is 3.37. The van der Waals surface area contributed by atoms with Gasteiger partial charge in [-0.25, -0.2) is 18.1 Å². The maximum Gasteiger partial charge on any atom is 0.259 e. The van der Waals surface area contributed by atoms with Crippen LogP contribution in [-0.2, 0) is 17.1 Å². The van der Waals surface area contributed by atoms with Gasteiger partial charge in [0.1, 0.15) is 5.82 Å². The predicted molar refractivity (Wildman–Crippen MR) is 79.9 cm³/mol. The molecule has 0 saturated carbocycles. The molecule has 1 aromatic rings. The normalized spacial score (nSPS) is 14.6. The number of sulfonamides is 1. The molecule has 0 radical (unpaired) electrons. The third-order valence-corrected chi connectivity index (χ3v) is 4.90. The average Bonchev–Trinajstić information content (AvgIpc) is 2.58. The fourth-order valence-electron chi connectivity index (χ4n) is 1.68. The Balaban J connectivity index is 3.00. The van der Waals surface area contributed by atoms with E-state index in [9.17, 15) is 8.42 Å². The maximum atomic E-state index is 12.3. The van der Waals surface area contributed by atoms with Crippen molar-refractivity contribution >= 4 is 26.0 Å². The lowest BCUT2D eigenvalue weighted by atomic mass is 9.86. The van der Waals surface area contributed by atoms with Crippen LogP contribution in [0.25, 0.3) is 0 Å². The molecule has 1 heterocycles. The standard InChI is InChI=1S/C12H22BrN3O2S/c1-9-14-11(8-16(9)5)19(17,18)15-10(6-7-13)12(2,3)4/h8,10,15H,6-7H2,1-5H3. The van der Waals surface area contributed by atoms with E-state index >= 15 is 0 Å². The van der Waals surface area contributed by atoms with Crippen LogP contribution < -0.4 is 4.72 Å². The zero-order valence-electron chi connectivity index (χ0n) is 12.1. The van der Waals surface area contributed by atoms with Gasteiger partial charge in [0.05, 0.1) is 0 Å². The number of imidazole rings is 1. The van der Waals surface area contributed by atoms with Crippen molar-refractivity contribution in [2.75, 3.05) is 5.33 Å². The molecule has 0 amide bonds. The van der Waals surface area contributed by atoms with Gasteiger partial charge in [0.15, 0.2) is 5.03 Å². The van der Waals surface area contributed by atoms with E-state index in [0.717, 1.165) is 11.8 Å². The van der Waals surface area contributed by atoms with Crippen LogP contribution >= 0.6 is 15.9 Å². The van der Waals surface area contributed by atoms with Crippen LogP contribution in [0.1, 0.15) is 33.0 Å². The first kappa shape index (κ1) is 16.7. The van der Waals surface area contributed by atoms with E-state index in [0.29, 0.717) is 5.82 Å². The van der Waals surface area contributed by atoms with Crippen LogP contribution in [0.15, 0.2) is 11.2 Å². The largest absolute Gasteiger partial charge is 0.337 e. The van der Waals surface area contributed by atoms with Gasteiger partial charge in [-0.1, -0.05) is 36.7 Å². The number of aryl methyl sites for hydroxylation is 2. The number of aromatic nitrogens is 2. The molecule has 110 valence electrons. The van der Waals surface area contributed by atoms with Crippen molar-refractivity contribution in [2.24, 2.45) is 12.5 Å². The summed E-state index contributed by atoms with van der Waals surface area (Å²) in [4.78, 5) is 4.08. The van der Waals surface area contributed by atoms with E-state index < -0.39 is 10.0 Å². The van der Waals surface area contributed by atoms with Crippen LogP contribution in [0.4, 0.5) is 0 Å². The molecule has 1 rings (SSSR count). The fourth-order valence-corrected chi connectivity index (χ4v) is 3.65. The maximum absolute atomic E-state index is 12.3. The monoisotopic (exact) mass is 351 g/mol. The molecule has 0 aliphatic heterocycles. The Morgan fingerprint density at radius 2 is 2.05 bits per heavy atom. The van der Waals surface area contributed by atoms with Crippen molar-refractivity contribution in [3.63, 3.8) is 0 Å². The number of halogens is 1. The Labute approximate surface area is 124 Å². The summed E-state index contributed by atoms with van der Waals surface area (Å²) in [5.41, 5.74) is -0.148. The first-order chi connectivity index (χ1) is 8.58. The van der Waals surface area contributed by atoms with E-state index in [1.54, 1.807) is 18.5 Å². The van der Waals surface area contributed by atoms with Gasteiger partial charge < -0.3 is 4.57 Å². The van der Waals surface area contributed by atoms with Gasteiger partial charge in [-0.3, -0.25) is 0 Å². The summed E-state index contributed by atoms with van der Waals surface area (Å²) in [5.74, 6) is 0.674. The smallest absolute Gasteiger partial charge is 0.259 e. The van der Waals surface area contributed by atoms with Crippen LogP contribution in [-0.4, -0.2) is 29.3 Å². The molecule has 0 bridgehead atoms. The van der Waals surface area contributed by atoms with E-state index in [1.807, 2.05) is 20.8 Å². The second-order valence-electron chi connectivity index (χ2n) is 5.75. The molecule has 19 heavy (non-hydrogen) atoms. The summed E-state index contributed by atoms with van der Waals surface area (Å²) in [6, 6.07) is -0.140. The van der Waals surface area contributed by atoms with Crippen molar-refractivity contribution in [2.45, 2.75) is 45.2 Å². The highest BCUT2D eigenvalue weighted by molar-refractivity contribution is 9.09. The Morgan fingerprint density at radius 3 is 2.42 bits per heavy atom. The highest BCUT2D eigenvalue weighted by Gasteiger charge is 2.30. The van der Waals surface area contributed by atoms with Gasteiger partial charge >= 0.3 is 0 Å². The Hall–Kier alpha value is -0.400. The molecule has 0 aromatic carbocycles. The van der Waals surface area contributed by atoms with Gasteiger partial charge in [0.2, 0.25) is 0 Å². The second kappa shape index (κ2) is 5.93. The highest BCUT2D eigenvalue weighted by atomic mass is 79.9. The van der Waals surface area contributed by atoms with Crippen molar-refractivity contribution in [1.29, 1.82) is 0 Å². The lowest BCUT2D eigenvalue weighted by Gasteiger charge is -2.30. The minimum absolute atomic E-state index is 0.0799. The SMILES string of the molecule is Cc1nc(S(=O)(=O)NC(CCBr)C(C)(C)C)cn1C. The topological polar surface area (TPSA) is 64.0 Å². The minimum Gasteiger partial charge on any atom is -0.337 e. The predicted octanol–water partition coefficient (Wildman–Crippen LogP) is 2.21. The number of alkyl halides is 1. The van der Waals surface area contributed by atoms with Crippen LogP contribution in [0.5, 0.6) is 0 Å². The molecule has 1 atom stereocenters. The minimum atomic E-state index is -3.57. The molecule has 1 N–H and O–H groups in total. The van der Waals surface area contributed by atoms with Gasteiger partial charge in [0.25, 0.3) is 10.0 Å². The number of nitrogens with one attached hydrogen (secondary N) is 1. The summed E-state index contributed by atoms with van der Waals surface area (Å²) in [5, 5.41) is 0.829. The molecular weight excluding hydrogens is 330 g/mol. The molecule has 5 nitrogen and oxygen atoms in total. The Morgan fingerprint density at radius 1 is 1.47 bits per heavy atom. The first-order valence-corrected chi connectivity index (χ1v) is 8.76. The molecule has 1 unspecified atom stereocenters. The number of hydrogen-bond donors (Lipinski definition) is 1. The van der Waals surface area contributed by atoms with E-state index in [-0.39, 0.29) is 16.5 Å². The van der Waals surface area contributed by atoms with Crippen molar-refractivity contribution in [3.8, 4) is 0 Å². The number of hydrogen-bond acceptors (Lipinski definition) is 3. The van der Waals surface area contributed by atoms with Crippen molar-refractivity contribution < 1.29 is 8.42 Å². The molecule has 1 aromatic heterocycles. The van der Waals surface area contributed by atoms with Crippen LogP contribution in [0, 0.1) is 12.3 Å². The molecule has 0 spiro atoms. The summed E-state index contributed by atoms with van der Waals surface area (Å²) in [7, 11) is -1.79. The summed E-state index contributed by atoms with van der Waals surface area (Å²) < 4.78 is 29.1. The Kier molecular flexibility index (Phi) is 5.20. The molecule has 0 aliphatic rings. The summed E-state index contributed by atoms with van der Waals surface area (Å²) in [6.07, 6.45) is 2.26. The van der Waals surface area contributed by atoms with E-state index in [4.69, 9.17) is 0 Å². The van der Waals surface area contributed by atoms with E-state index in [1.165, 1.54) is 6.20 Å². The number of rotatable bonds is 5. The Bertz CT molecular complexity index is 512. The first-order valence-electron chi connectivity index (χ1n) is 6.16. The molecular formula is C12H22BrN3O2S. The third-order valence-electron chi connectivity index (χ3n) is 3.10. The van der Waals surface area contributed by atoms with Crippen molar-refractivity contribution in [3.05, 3.63) is 12.0 Å². The molecule has 0 saturated heterocycles. The van der Waals surface area contributed by atoms with Crippen LogP contribution in [0.3, 0.4) is 0 Å². The van der Waals surface area contributed by atoms with Crippen molar-refractivity contribution in [1.82, 2.24) is 14.3 Å². The molecule has 0 fully saturated rings. The van der Waals surface area contributed by atoms with Gasteiger partial charge in [-0.15, -0.1) is 0 Å². The number of nitrogens with zero attached hydrogens (tertiary/aromatic N) is 2. The zero-order valence-corrected chi connectivity index (χ0v) is 14.5. The molecule has 7 heteroatoms.